The van der Waals surface area contributed by atoms with E-state index in [1.807, 2.05) is 25.9 Å². The first-order valence-corrected chi connectivity index (χ1v) is 8.21. The van der Waals surface area contributed by atoms with Crippen LogP contribution in [0.2, 0.25) is 0 Å². The lowest BCUT2D eigenvalue weighted by molar-refractivity contribution is 0.0949. The minimum atomic E-state index is -0.265. The number of aryl methyl sites for hydroxylation is 1. The standard InChI is InChI=1S/C18H24FN5O/c1-13-12-16(23-18(22-13)21-10-11-24(2)3)17(25)20-9-8-14-4-6-15(19)7-5-14/h4-7,12H,8-11H2,1-3H3,(H,20,25)(H,21,22,23). The molecule has 0 aliphatic rings. The van der Waals surface area contributed by atoms with Gasteiger partial charge in [-0.2, -0.15) is 0 Å². The normalized spacial score (nSPS) is 10.8. The Hall–Kier alpha value is -2.54. The Morgan fingerprint density at radius 2 is 1.88 bits per heavy atom. The fourth-order valence-corrected chi connectivity index (χ4v) is 2.22. The van der Waals surface area contributed by atoms with Crippen molar-refractivity contribution >= 4 is 11.9 Å². The smallest absolute Gasteiger partial charge is 0.270 e. The van der Waals surface area contributed by atoms with E-state index < -0.39 is 0 Å². The molecule has 0 spiro atoms. The van der Waals surface area contributed by atoms with Gasteiger partial charge in [0.05, 0.1) is 0 Å². The Bertz CT molecular complexity index is 703. The highest BCUT2D eigenvalue weighted by Gasteiger charge is 2.10. The molecule has 1 aromatic carbocycles. The van der Waals surface area contributed by atoms with Gasteiger partial charge in [-0.25, -0.2) is 14.4 Å². The molecule has 0 saturated carbocycles. The average molecular weight is 345 g/mol. The highest BCUT2D eigenvalue weighted by Crippen LogP contribution is 2.06. The minimum Gasteiger partial charge on any atom is -0.353 e. The van der Waals surface area contributed by atoms with Gasteiger partial charge in [-0.3, -0.25) is 4.79 Å². The second-order valence-corrected chi connectivity index (χ2v) is 6.08. The third-order valence-corrected chi connectivity index (χ3v) is 3.54. The summed E-state index contributed by atoms with van der Waals surface area (Å²) in [6, 6.07) is 7.91. The molecule has 2 aromatic rings. The van der Waals surface area contributed by atoms with E-state index in [-0.39, 0.29) is 11.7 Å². The van der Waals surface area contributed by atoms with Crippen LogP contribution in [0.4, 0.5) is 10.3 Å². The maximum atomic E-state index is 12.9. The van der Waals surface area contributed by atoms with E-state index in [0.29, 0.717) is 31.2 Å². The molecule has 134 valence electrons. The van der Waals surface area contributed by atoms with E-state index >= 15 is 0 Å². The zero-order chi connectivity index (χ0) is 18.2. The molecule has 0 atom stereocenters. The number of halogens is 1. The number of hydrogen-bond acceptors (Lipinski definition) is 5. The molecule has 0 aliphatic carbocycles. The zero-order valence-corrected chi connectivity index (χ0v) is 14.8. The van der Waals surface area contributed by atoms with Gasteiger partial charge in [0.15, 0.2) is 0 Å². The van der Waals surface area contributed by atoms with Gasteiger partial charge in [0.1, 0.15) is 11.5 Å². The molecule has 0 bridgehead atoms. The number of anilines is 1. The molecule has 1 aromatic heterocycles. The summed E-state index contributed by atoms with van der Waals surface area (Å²) in [5.41, 5.74) is 2.02. The molecule has 1 heterocycles. The molecular weight excluding hydrogens is 321 g/mol. The largest absolute Gasteiger partial charge is 0.353 e. The number of amides is 1. The lowest BCUT2D eigenvalue weighted by Gasteiger charge is -2.11. The molecule has 1 amide bonds. The van der Waals surface area contributed by atoms with Crippen LogP contribution >= 0.6 is 0 Å². The first kappa shape index (κ1) is 18.8. The molecule has 2 rings (SSSR count). The average Bonchev–Trinajstić information content (AvgIpc) is 2.55. The highest BCUT2D eigenvalue weighted by molar-refractivity contribution is 5.92. The molecule has 0 radical (unpaired) electrons. The Labute approximate surface area is 147 Å². The quantitative estimate of drug-likeness (QED) is 0.764. The fourth-order valence-electron chi connectivity index (χ4n) is 2.22. The van der Waals surface area contributed by atoms with E-state index in [0.717, 1.165) is 17.8 Å². The third kappa shape index (κ3) is 6.46. The monoisotopic (exact) mass is 345 g/mol. The van der Waals surface area contributed by atoms with Gasteiger partial charge in [-0.1, -0.05) is 12.1 Å². The predicted molar refractivity (Wildman–Crippen MR) is 96.2 cm³/mol. The lowest BCUT2D eigenvalue weighted by atomic mass is 10.1. The molecule has 7 heteroatoms. The van der Waals surface area contributed by atoms with Crippen molar-refractivity contribution in [3.05, 3.63) is 53.1 Å². The summed E-state index contributed by atoms with van der Waals surface area (Å²) in [6.07, 6.45) is 0.629. The molecule has 0 aliphatic heterocycles. The summed E-state index contributed by atoms with van der Waals surface area (Å²) in [5.74, 6) is -0.0626. The number of carbonyl (C=O) groups excluding carboxylic acids is 1. The van der Waals surface area contributed by atoms with Crippen LogP contribution in [0.1, 0.15) is 21.7 Å². The van der Waals surface area contributed by atoms with Gasteiger partial charge in [0.25, 0.3) is 5.91 Å². The maximum absolute atomic E-state index is 12.9. The maximum Gasteiger partial charge on any atom is 0.270 e. The van der Waals surface area contributed by atoms with E-state index in [4.69, 9.17) is 0 Å². The Balaban J connectivity index is 1.89. The predicted octanol–water partition coefficient (Wildman–Crippen LogP) is 1.87. The van der Waals surface area contributed by atoms with Crippen LogP contribution in [0.15, 0.2) is 30.3 Å². The van der Waals surface area contributed by atoms with Crippen LogP contribution in [-0.2, 0) is 6.42 Å². The van der Waals surface area contributed by atoms with E-state index in [1.54, 1.807) is 18.2 Å². The summed E-state index contributed by atoms with van der Waals surface area (Å²) in [6.45, 7) is 3.82. The molecule has 2 N–H and O–H groups in total. The molecule has 0 fully saturated rings. The molecule has 25 heavy (non-hydrogen) atoms. The summed E-state index contributed by atoms with van der Waals surface area (Å²) < 4.78 is 12.9. The number of nitrogens with zero attached hydrogens (tertiary/aromatic N) is 3. The van der Waals surface area contributed by atoms with Crippen LogP contribution < -0.4 is 10.6 Å². The van der Waals surface area contributed by atoms with Gasteiger partial charge in [0.2, 0.25) is 5.95 Å². The summed E-state index contributed by atoms with van der Waals surface area (Å²) in [7, 11) is 3.97. The number of rotatable bonds is 8. The number of benzene rings is 1. The second kappa shape index (κ2) is 9.08. The van der Waals surface area contributed by atoms with Crippen LogP contribution in [0.5, 0.6) is 0 Å². The Morgan fingerprint density at radius 1 is 1.16 bits per heavy atom. The topological polar surface area (TPSA) is 70.2 Å². The van der Waals surface area contributed by atoms with Gasteiger partial charge in [-0.05, 0) is 51.2 Å². The van der Waals surface area contributed by atoms with Gasteiger partial charge < -0.3 is 15.5 Å². The highest BCUT2D eigenvalue weighted by atomic mass is 19.1. The summed E-state index contributed by atoms with van der Waals surface area (Å²) >= 11 is 0. The third-order valence-electron chi connectivity index (χ3n) is 3.54. The van der Waals surface area contributed by atoms with Gasteiger partial charge in [-0.15, -0.1) is 0 Å². The van der Waals surface area contributed by atoms with Gasteiger partial charge >= 0.3 is 0 Å². The molecule has 0 unspecified atom stereocenters. The number of hydrogen-bond donors (Lipinski definition) is 2. The fraction of sp³-hybridized carbons (Fsp3) is 0.389. The molecule has 0 saturated heterocycles. The van der Waals surface area contributed by atoms with Crippen molar-refractivity contribution in [2.75, 3.05) is 39.0 Å². The van der Waals surface area contributed by atoms with Gasteiger partial charge in [0, 0.05) is 25.3 Å². The van der Waals surface area contributed by atoms with E-state index in [2.05, 4.69) is 20.6 Å². The first-order valence-electron chi connectivity index (χ1n) is 8.21. The van der Waals surface area contributed by atoms with Crippen LogP contribution in [-0.4, -0.2) is 54.5 Å². The second-order valence-electron chi connectivity index (χ2n) is 6.08. The van der Waals surface area contributed by atoms with Crippen LogP contribution in [0.25, 0.3) is 0 Å². The Kier molecular flexibility index (Phi) is 6.82. The number of likely N-dealkylation sites (N-methyl/N-ethyl adjacent to an activating group) is 1. The lowest BCUT2D eigenvalue weighted by Crippen LogP contribution is -2.27. The number of carbonyl (C=O) groups is 1. The first-order chi connectivity index (χ1) is 11.9. The van der Waals surface area contributed by atoms with E-state index in [9.17, 15) is 9.18 Å². The van der Waals surface area contributed by atoms with Crippen molar-refractivity contribution in [1.29, 1.82) is 0 Å². The Morgan fingerprint density at radius 3 is 2.56 bits per heavy atom. The van der Waals surface area contributed by atoms with Crippen LogP contribution in [0.3, 0.4) is 0 Å². The number of nitrogens with one attached hydrogen (secondary N) is 2. The van der Waals surface area contributed by atoms with Crippen LogP contribution in [0, 0.1) is 12.7 Å². The van der Waals surface area contributed by atoms with Crippen molar-refractivity contribution in [3.63, 3.8) is 0 Å². The summed E-state index contributed by atoms with van der Waals surface area (Å²) in [5, 5.41) is 5.95. The van der Waals surface area contributed by atoms with Crippen molar-refractivity contribution < 1.29 is 9.18 Å². The minimum absolute atomic E-state index is 0.247. The van der Waals surface area contributed by atoms with E-state index in [1.165, 1.54) is 12.1 Å². The SMILES string of the molecule is Cc1cc(C(=O)NCCc2ccc(F)cc2)nc(NCCN(C)C)n1. The molecule has 6 nitrogen and oxygen atoms in total. The zero-order valence-electron chi connectivity index (χ0n) is 14.8. The number of aromatic nitrogens is 2. The van der Waals surface area contributed by atoms with Crippen molar-refractivity contribution in [1.82, 2.24) is 20.2 Å². The van der Waals surface area contributed by atoms with Crippen molar-refractivity contribution in [2.24, 2.45) is 0 Å². The van der Waals surface area contributed by atoms with Crippen molar-refractivity contribution in [2.45, 2.75) is 13.3 Å². The summed E-state index contributed by atoms with van der Waals surface area (Å²) in [4.78, 5) is 22.9. The molecular formula is C18H24FN5O. The van der Waals surface area contributed by atoms with Crippen molar-refractivity contribution in [3.8, 4) is 0 Å².